The van der Waals surface area contributed by atoms with Crippen LogP contribution in [0.25, 0.3) is 0 Å². The van der Waals surface area contributed by atoms with Crippen LogP contribution < -0.4 is 5.32 Å². The molecule has 0 aromatic heterocycles. The molecule has 0 bridgehead atoms. The molecule has 2 rings (SSSR count). The van der Waals surface area contributed by atoms with Gasteiger partial charge in [0.2, 0.25) is 5.91 Å². The summed E-state index contributed by atoms with van der Waals surface area (Å²) in [5, 5.41) is 2.83. The fraction of sp³-hybridized carbons (Fsp3) is 0.429. The van der Waals surface area contributed by atoms with E-state index >= 15 is 0 Å². The molecule has 1 aliphatic heterocycles. The molecule has 6 heteroatoms. The maximum absolute atomic E-state index is 13.1. The summed E-state index contributed by atoms with van der Waals surface area (Å²) in [7, 11) is 0. The van der Waals surface area contributed by atoms with Gasteiger partial charge >= 0.3 is 0 Å². The zero-order valence-electron chi connectivity index (χ0n) is 11.3. The number of hydrogen-bond acceptors (Lipinski definition) is 3. The lowest BCUT2D eigenvalue weighted by atomic mass is 10.1. The average molecular weight is 296 g/mol. The van der Waals surface area contributed by atoms with Gasteiger partial charge in [-0.05, 0) is 24.1 Å². The van der Waals surface area contributed by atoms with Crippen LogP contribution in [-0.4, -0.2) is 34.9 Å². The predicted octanol–water partition coefficient (Wildman–Crippen LogP) is 2.31. The molecule has 1 N–H and O–H groups in total. The van der Waals surface area contributed by atoms with Gasteiger partial charge in [-0.25, -0.2) is 4.39 Å². The first-order valence-corrected chi connectivity index (χ1v) is 7.48. The van der Waals surface area contributed by atoms with Crippen molar-refractivity contribution in [2.75, 3.05) is 18.8 Å². The molecule has 20 heavy (non-hydrogen) atoms. The third kappa shape index (κ3) is 3.96. The average Bonchev–Trinajstić information content (AvgIpc) is 2.83. The second-order valence-corrected chi connectivity index (χ2v) is 5.76. The van der Waals surface area contributed by atoms with Crippen LogP contribution in [0.1, 0.15) is 17.5 Å². The van der Waals surface area contributed by atoms with E-state index in [-0.39, 0.29) is 17.0 Å². The molecule has 0 radical (unpaired) electrons. The number of nitrogens with one attached hydrogen (secondary N) is 1. The number of carbonyl (C=O) groups is 2. The molecule has 4 nitrogen and oxygen atoms in total. The smallest absolute Gasteiger partial charge is 0.281 e. The minimum absolute atomic E-state index is 0.0481. The molecular weight excluding hydrogens is 279 g/mol. The Kier molecular flexibility index (Phi) is 5.00. The Hall–Kier alpha value is -1.56. The number of thioether (sulfide) groups is 1. The molecule has 0 saturated carbocycles. The largest absolute Gasteiger partial charge is 0.352 e. The van der Waals surface area contributed by atoms with Crippen LogP contribution in [-0.2, 0) is 11.3 Å². The molecule has 1 aromatic rings. The Morgan fingerprint density at radius 3 is 2.95 bits per heavy atom. The Labute approximate surface area is 121 Å². The summed E-state index contributed by atoms with van der Waals surface area (Å²) in [6.07, 6.45) is 0.298. The van der Waals surface area contributed by atoms with Crippen molar-refractivity contribution in [1.82, 2.24) is 10.2 Å². The van der Waals surface area contributed by atoms with Crippen LogP contribution >= 0.6 is 11.8 Å². The Balaban J connectivity index is 1.74. The zero-order chi connectivity index (χ0) is 14.5. The van der Waals surface area contributed by atoms with Gasteiger partial charge in [-0.15, -0.1) is 0 Å². The summed E-state index contributed by atoms with van der Waals surface area (Å²) in [6.45, 7) is 3.24. The van der Waals surface area contributed by atoms with Gasteiger partial charge < -0.3 is 10.2 Å². The molecule has 1 saturated heterocycles. The molecule has 108 valence electrons. The van der Waals surface area contributed by atoms with E-state index in [4.69, 9.17) is 0 Å². The number of aryl methyl sites for hydroxylation is 1. The highest BCUT2D eigenvalue weighted by atomic mass is 32.2. The van der Waals surface area contributed by atoms with Gasteiger partial charge in [-0.1, -0.05) is 23.9 Å². The molecule has 1 aliphatic rings. The van der Waals surface area contributed by atoms with E-state index in [0.717, 1.165) is 11.3 Å². The third-order valence-corrected chi connectivity index (χ3v) is 4.06. The topological polar surface area (TPSA) is 49.4 Å². The second-order valence-electron chi connectivity index (χ2n) is 4.71. The highest BCUT2D eigenvalue weighted by Gasteiger charge is 2.21. The van der Waals surface area contributed by atoms with E-state index in [0.29, 0.717) is 31.6 Å². The predicted molar refractivity (Wildman–Crippen MR) is 77.0 cm³/mol. The number of nitrogens with zero attached hydrogens (tertiary/aromatic N) is 1. The van der Waals surface area contributed by atoms with E-state index in [9.17, 15) is 14.0 Å². The third-order valence-electron chi connectivity index (χ3n) is 3.17. The molecular formula is C14H17FN2O2S. The van der Waals surface area contributed by atoms with Gasteiger partial charge in [0, 0.05) is 31.8 Å². The quantitative estimate of drug-likeness (QED) is 0.907. The number of carbonyl (C=O) groups excluding carboxylic acids is 2. The summed E-state index contributed by atoms with van der Waals surface area (Å²) < 4.78 is 13.1. The minimum atomic E-state index is -0.245. The lowest BCUT2D eigenvalue weighted by Crippen LogP contribution is -2.30. The number of amides is 2. The highest BCUT2D eigenvalue weighted by molar-refractivity contribution is 8.13. The van der Waals surface area contributed by atoms with Crippen LogP contribution in [0.4, 0.5) is 9.18 Å². The summed E-state index contributed by atoms with van der Waals surface area (Å²) in [6, 6.07) is 4.77. The van der Waals surface area contributed by atoms with E-state index in [1.54, 1.807) is 24.0 Å². The number of rotatable bonds is 5. The first-order chi connectivity index (χ1) is 9.56. The fourth-order valence-electron chi connectivity index (χ4n) is 1.97. The Morgan fingerprint density at radius 1 is 1.50 bits per heavy atom. The van der Waals surface area contributed by atoms with Crippen molar-refractivity contribution < 1.29 is 14.0 Å². The van der Waals surface area contributed by atoms with Crippen LogP contribution in [0, 0.1) is 12.7 Å². The van der Waals surface area contributed by atoms with Crippen molar-refractivity contribution in [3.63, 3.8) is 0 Å². The van der Waals surface area contributed by atoms with E-state index in [2.05, 4.69) is 5.32 Å². The standard InChI is InChI=1S/C14H17FN2O2S/c1-10-8-11(2-3-12(10)15)9-16-13(18)4-5-17-6-7-20-14(17)19/h2-3,8H,4-7,9H2,1H3,(H,16,18). The van der Waals surface area contributed by atoms with Gasteiger partial charge in [0.1, 0.15) is 5.82 Å². The van der Waals surface area contributed by atoms with Gasteiger partial charge in [-0.3, -0.25) is 9.59 Å². The number of hydrogen-bond donors (Lipinski definition) is 1. The maximum Gasteiger partial charge on any atom is 0.281 e. The summed E-state index contributed by atoms with van der Waals surface area (Å²) in [5.74, 6) is 0.455. The summed E-state index contributed by atoms with van der Waals surface area (Å²) >= 11 is 1.29. The normalized spacial score (nSPS) is 14.7. The van der Waals surface area contributed by atoms with E-state index in [1.165, 1.54) is 17.8 Å². The number of halogens is 1. The van der Waals surface area contributed by atoms with Gasteiger partial charge in [0.25, 0.3) is 5.24 Å². The van der Waals surface area contributed by atoms with Crippen molar-refractivity contribution in [3.05, 3.63) is 35.1 Å². The van der Waals surface area contributed by atoms with Gasteiger partial charge in [-0.2, -0.15) is 0 Å². The van der Waals surface area contributed by atoms with Gasteiger partial charge in [0.15, 0.2) is 0 Å². The van der Waals surface area contributed by atoms with Crippen LogP contribution in [0.3, 0.4) is 0 Å². The fourth-order valence-corrected chi connectivity index (χ4v) is 2.82. The lowest BCUT2D eigenvalue weighted by Gasteiger charge is -2.14. The molecule has 1 heterocycles. The van der Waals surface area contributed by atoms with Crippen molar-refractivity contribution in [2.24, 2.45) is 0 Å². The lowest BCUT2D eigenvalue weighted by molar-refractivity contribution is -0.121. The SMILES string of the molecule is Cc1cc(CNC(=O)CCN2CCSC2=O)ccc1F. The molecule has 0 atom stereocenters. The van der Waals surface area contributed by atoms with Gasteiger partial charge in [0.05, 0.1) is 0 Å². The molecule has 0 unspecified atom stereocenters. The monoisotopic (exact) mass is 296 g/mol. The zero-order valence-corrected chi connectivity index (χ0v) is 12.1. The Morgan fingerprint density at radius 2 is 2.30 bits per heavy atom. The van der Waals surface area contributed by atoms with Crippen LogP contribution in [0.5, 0.6) is 0 Å². The summed E-state index contributed by atoms with van der Waals surface area (Å²) in [5.41, 5.74) is 1.43. The maximum atomic E-state index is 13.1. The Bertz CT molecular complexity index is 522. The highest BCUT2D eigenvalue weighted by Crippen LogP contribution is 2.17. The van der Waals surface area contributed by atoms with Crippen molar-refractivity contribution in [3.8, 4) is 0 Å². The molecule has 0 aliphatic carbocycles. The first kappa shape index (κ1) is 14.8. The number of benzene rings is 1. The van der Waals surface area contributed by atoms with E-state index < -0.39 is 0 Å². The van der Waals surface area contributed by atoms with Crippen molar-refractivity contribution in [1.29, 1.82) is 0 Å². The minimum Gasteiger partial charge on any atom is -0.352 e. The molecule has 1 aromatic carbocycles. The second kappa shape index (κ2) is 6.74. The van der Waals surface area contributed by atoms with Crippen molar-refractivity contribution >= 4 is 22.9 Å². The first-order valence-electron chi connectivity index (χ1n) is 6.49. The van der Waals surface area contributed by atoms with E-state index in [1.807, 2.05) is 0 Å². The van der Waals surface area contributed by atoms with Crippen LogP contribution in [0.15, 0.2) is 18.2 Å². The summed E-state index contributed by atoms with van der Waals surface area (Å²) in [4.78, 5) is 24.7. The van der Waals surface area contributed by atoms with Crippen LogP contribution in [0.2, 0.25) is 0 Å². The van der Waals surface area contributed by atoms with Crippen molar-refractivity contribution in [2.45, 2.75) is 19.9 Å². The molecule has 0 spiro atoms. The molecule has 1 fully saturated rings. The molecule has 2 amide bonds.